The Labute approximate surface area is 98.1 Å². The molecule has 16 heavy (non-hydrogen) atoms. The third kappa shape index (κ3) is 3.09. The first-order chi connectivity index (χ1) is 7.41. The number of hydrogen-bond donors (Lipinski definition) is 1. The first-order valence-corrected chi connectivity index (χ1v) is 5.76. The van der Waals surface area contributed by atoms with Gasteiger partial charge in [-0.2, -0.15) is 0 Å². The number of carbonyl (C=O) groups is 1. The molecule has 2 nitrogen and oxygen atoms in total. The van der Waals surface area contributed by atoms with E-state index in [0.29, 0.717) is 6.54 Å². The minimum Gasteiger partial charge on any atom is -0.352 e. The Balaban J connectivity index is 2.78. The molecule has 0 fully saturated rings. The number of carbonyl (C=O) groups excluding carboxylic acids is 1. The molecule has 1 rings (SSSR count). The quantitative estimate of drug-likeness (QED) is 0.832. The maximum atomic E-state index is 11.5. The Morgan fingerprint density at radius 2 is 1.69 bits per heavy atom. The molecule has 0 atom stereocenters. The molecular formula is C14H21NO. The predicted octanol–water partition coefficient (Wildman–Crippen LogP) is 2.88. The van der Waals surface area contributed by atoms with Gasteiger partial charge in [0.1, 0.15) is 0 Å². The van der Waals surface area contributed by atoms with Crippen molar-refractivity contribution in [2.75, 3.05) is 0 Å². The molecule has 88 valence electrons. The van der Waals surface area contributed by atoms with Gasteiger partial charge >= 0.3 is 0 Å². The monoisotopic (exact) mass is 219 g/mol. The van der Waals surface area contributed by atoms with Gasteiger partial charge in [0, 0.05) is 12.5 Å². The summed E-state index contributed by atoms with van der Waals surface area (Å²) in [7, 11) is 0. The molecule has 1 aromatic rings. The molecule has 1 aromatic carbocycles. The minimum absolute atomic E-state index is 0.0473. The van der Waals surface area contributed by atoms with Gasteiger partial charge in [0.2, 0.25) is 5.91 Å². The van der Waals surface area contributed by atoms with Crippen LogP contribution in [0.15, 0.2) is 12.1 Å². The zero-order valence-corrected chi connectivity index (χ0v) is 10.8. The van der Waals surface area contributed by atoms with Gasteiger partial charge < -0.3 is 5.32 Å². The van der Waals surface area contributed by atoms with E-state index in [2.05, 4.69) is 38.2 Å². The highest BCUT2D eigenvalue weighted by atomic mass is 16.1. The molecule has 0 aliphatic carbocycles. The highest BCUT2D eigenvalue weighted by Gasteiger charge is 2.08. The molecule has 0 heterocycles. The van der Waals surface area contributed by atoms with Gasteiger partial charge in [0.05, 0.1) is 0 Å². The van der Waals surface area contributed by atoms with Gasteiger partial charge in [-0.05, 0) is 37.5 Å². The van der Waals surface area contributed by atoms with Crippen LogP contribution in [-0.2, 0) is 11.3 Å². The van der Waals surface area contributed by atoms with E-state index in [1.807, 2.05) is 13.8 Å². The van der Waals surface area contributed by atoms with Crippen LogP contribution in [0.2, 0.25) is 0 Å². The highest BCUT2D eigenvalue weighted by molar-refractivity contribution is 5.77. The van der Waals surface area contributed by atoms with Crippen LogP contribution in [0.25, 0.3) is 0 Å². The number of rotatable bonds is 3. The van der Waals surface area contributed by atoms with Crippen molar-refractivity contribution in [3.8, 4) is 0 Å². The van der Waals surface area contributed by atoms with E-state index >= 15 is 0 Å². The fourth-order valence-electron chi connectivity index (χ4n) is 1.87. The molecule has 2 heteroatoms. The van der Waals surface area contributed by atoms with Crippen molar-refractivity contribution >= 4 is 5.91 Å². The molecule has 0 spiro atoms. The predicted molar refractivity (Wildman–Crippen MR) is 67.3 cm³/mol. The van der Waals surface area contributed by atoms with Crippen molar-refractivity contribution in [3.05, 3.63) is 34.4 Å². The molecule has 0 saturated heterocycles. The second-order valence-electron chi connectivity index (χ2n) is 4.75. The van der Waals surface area contributed by atoms with E-state index < -0.39 is 0 Å². The Morgan fingerprint density at radius 1 is 1.19 bits per heavy atom. The largest absolute Gasteiger partial charge is 0.352 e. The maximum absolute atomic E-state index is 11.5. The lowest BCUT2D eigenvalue weighted by Crippen LogP contribution is -2.27. The van der Waals surface area contributed by atoms with Crippen molar-refractivity contribution in [1.29, 1.82) is 0 Å². The second-order valence-corrected chi connectivity index (χ2v) is 4.75. The summed E-state index contributed by atoms with van der Waals surface area (Å²) < 4.78 is 0. The van der Waals surface area contributed by atoms with Gasteiger partial charge in [-0.3, -0.25) is 4.79 Å². The van der Waals surface area contributed by atoms with Crippen LogP contribution in [0.1, 0.15) is 36.1 Å². The van der Waals surface area contributed by atoms with Gasteiger partial charge in [-0.1, -0.05) is 31.5 Å². The van der Waals surface area contributed by atoms with E-state index in [9.17, 15) is 4.79 Å². The smallest absolute Gasteiger partial charge is 0.222 e. The van der Waals surface area contributed by atoms with Gasteiger partial charge in [0.25, 0.3) is 0 Å². The Morgan fingerprint density at radius 3 is 2.12 bits per heavy atom. The molecule has 0 aromatic heterocycles. The summed E-state index contributed by atoms with van der Waals surface area (Å²) in [4.78, 5) is 11.5. The summed E-state index contributed by atoms with van der Waals surface area (Å²) in [5.74, 6) is 0.158. The van der Waals surface area contributed by atoms with Crippen molar-refractivity contribution in [1.82, 2.24) is 5.32 Å². The molecule has 1 amide bonds. The Hall–Kier alpha value is -1.31. The molecule has 0 bridgehead atoms. The second kappa shape index (κ2) is 5.15. The fraction of sp³-hybridized carbons (Fsp3) is 0.500. The van der Waals surface area contributed by atoms with Crippen LogP contribution in [0.5, 0.6) is 0 Å². The highest BCUT2D eigenvalue weighted by Crippen LogP contribution is 2.16. The lowest BCUT2D eigenvalue weighted by molar-refractivity contribution is -0.124. The topological polar surface area (TPSA) is 29.1 Å². The Kier molecular flexibility index (Phi) is 4.11. The van der Waals surface area contributed by atoms with E-state index in [-0.39, 0.29) is 11.8 Å². The SMILES string of the molecule is Cc1cc(C)c(CNC(=O)C(C)C)c(C)c1. The van der Waals surface area contributed by atoms with Crippen LogP contribution in [0.4, 0.5) is 0 Å². The average Bonchev–Trinajstić information content (AvgIpc) is 2.15. The van der Waals surface area contributed by atoms with E-state index in [4.69, 9.17) is 0 Å². The van der Waals surface area contributed by atoms with Crippen LogP contribution >= 0.6 is 0 Å². The van der Waals surface area contributed by atoms with Crippen LogP contribution in [0.3, 0.4) is 0 Å². The zero-order valence-electron chi connectivity index (χ0n) is 10.8. The molecule has 0 saturated carbocycles. The first-order valence-electron chi connectivity index (χ1n) is 5.76. The number of amides is 1. The number of hydrogen-bond acceptors (Lipinski definition) is 1. The Bertz CT molecular complexity index is 371. The lowest BCUT2D eigenvalue weighted by atomic mass is 10.00. The first kappa shape index (κ1) is 12.8. The van der Waals surface area contributed by atoms with E-state index in [0.717, 1.165) is 0 Å². The van der Waals surface area contributed by atoms with E-state index in [1.54, 1.807) is 0 Å². The van der Waals surface area contributed by atoms with Crippen LogP contribution in [-0.4, -0.2) is 5.91 Å². The molecule has 0 aliphatic heterocycles. The summed E-state index contributed by atoms with van der Waals surface area (Å²) in [5, 5.41) is 2.96. The molecule has 0 aliphatic rings. The summed E-state index contributed by atoms with van der Waals surface area (Å²) in [6, 6.07) is 4.31. The van der Waals surface area contributed by atoms with Gasteiger partial charge in [-0.25, -0.2) is 0 Å². The van der Waals surface area contributed by atoms with Crippen molar-refractivity contribution in [2.45, 2.75) is 41.2 Å². The minimum atomic E-state index is 0.0473. The third-order valence-corrected chi connectivity index (χ3v) is 2.80. The summed E-state index contributed by atoms with van der Waals surface area (Å²) in [5.41, 5.74) is 5.01. The van der Waals surface area contributed by atoms with Crippen molar-refractivity contribution < 1.29 is 4.79 Å². The maximum Gasteiger partial charge on any atom is 0.222 e. The standard InChI is InChI=1S/C14H21NO/c1-9(2)14(16)15-8-13-11(4)6-10(3)7-12(13)5/h6-7,9H,8H2,1-5H3,(H,15,16). The summed E-state index contributed by atoms with van der Waals surface area (Å²) in [6.45, 7) is 10.7. The molecule has 1 N–H and O–H groups in total. The molecule has 0 radical (unpaired) electrons. The number of benzene rings is 1. The summed E-state index contributed by atoms with van der Waals surface area (Å²) >= 11 is 0. The van der Waals surface area contributed by atoms with Crippen molar-refractivity contribution in [2.24, 2.45) is 5.92 Å². The van der Waals surface area contributed by atoms with Crippen LogP contribution in [0, 0.1) is 26.7 Å². The number of aryl methyl sites for hydroxylation is 3. The van der Waals surface area contributed by atoms with Gasteiger partial charge in [-0.15, -0.1) is 0 Å². The number of nitrogens with one attached hydrogen (secondary N) is 1. The van der Waals surface area contributed by atoms with Crippen LogP contribution < -0.4 is 5.32 Å². The fourth-order valence-corrected chi connectivity index (χ4v) is 1.87. The van der Waals surface area contributed by atoms with Crippen molar-refractivity contribution in [3.63, 3.8) is 0 Å². The normalized spacial score (nSPS) is 10.6. The summed E-state index contributed by atoms with van der Waals surface area (Å²) in [6.07, 6.45) is 0. The average molecular weight is 219 g/mol. The third-order valence-electron chi connectivity index (χ3n) is 2.80. The van der Waals surface area contributed by atoms with E-state index in [1.165, 1.54) is 22.3 Å². The van der Waals surface area contributed by atoms with Gasteiger partial charge in [0.15, 0.2) is 0 Å². The molecular weight excluding hydrogens is 198 g/mol. The zero-order chi connectivity index (χ0) is 12.3. The molecule has 0 unspecified atom stereocenters. The lowest BCUT2D eigenvalue weighted by Gasteiger charge is -2.13.